The highest BCUT2D eigenvalue weighted by Gasteiger charge is 2.19. The smallest absolute Gasteiger partial charge is 0.258 e. The van der Waals surface area contributed by atoms with Crippen LogP contribution in [0.2, 0.25) is 0 Å². The van der Waals surface area contributed by atoms with Gasteiger partial charge < -0.3 is 10.2 Å². The van der Waals surface area contributed by atoms with Crippen LogP contribution in [-0.4, -0.2) is 33.0 Å². The van der Waals surface area contributed by atoms with E-state index in [1.165, 1.54) is 4.90 Å². The van der Waals surface area contributed by atoms with Gasteiger partial charge in [-0.2, -0.15) is 0 Å². The molecular weight excluding hydrogens is 400 g/mol. The molecule has 0 unspecified atom stereocenters. The molecular formula is C23H22N2O4S. The van der Waals surface area contributed by atoms with E-state index in [1.807, 2.05) is 30.3 Å². The van der Waals surface area contributed by atoms with Crippen molar-refractivity contribution in [2.75, 3.05) is 23.0 Å². The Balaban J connectivity index is 1.61. The number of benzene rings is 3. The predicted molar refractivity (Wildman–Crippen MR) is 118 cm³/mol. The first-order valence-electron chi connectivity index (χ1n) is 9.31. The molecule has 154 valence electrons. The summed E-state index contributed by atoms with van der Waals surface area (Å²) in [5.74, 6) is -1.67. The lowest BCUT2D eigenvalue weighted by molar-refractivity contribution is -0.113. The van der Waals surface area contributed by atoms with Crippen LogP contribution >= 0.6 is 0 Å². The average molecular weight is 423 g/mol. The van der Waals surface area contributed by atoms with Gasteiger partial charge in [-0.1, -0.05) is 48.5 Å². The molecule has 0 saturated heterocycles. The second-order valence-electron chi connectivity index (χ2n) is 6.84. The molecule has 0 atom stereocenters. The molecule has 0 aliphatic carbocycles. The summed E-state index contributed by atoms with van der Waals surface area (Å²) in [4.78, 5) is 26.2. The van der Waals surface area contributed by atoms with Gasteiger partial charge in [0.15, 0.2) is 9.84 Å². The van der Waals surface area contributed by atoms with Crippen LogP contribution in [0.5, 0.6) is 0 Å². The fourth-order valence-electron chi connectivity index (χ4n) is 2.93. The monoisotopic (exact) mass is 422 g/mol. The third kappa shape index (κ3) is 5.78. The molecule has 1 N–H and O–H groups in total. The molecule has 0 saturated carbocycles. The molecule has 3 aromatic carbocycles. The fourth-order valence-corrected chi connectivity index (χ4v) is 4.20. The van der Waals surface area contributed by atoms with Crippen molar-refractivity contribution >= 4 is 33.0 Å². The first-order chi connectivity index (χ1) is 14.3. The van der Waals surface area contributed by atoms with Gasteiger partial charge in [0.25, 0.3) is 5.91 Å². The molecule has 3 rings (SSSR count). The molecule has 0 spiro atoms. The lowest BCUT2D eigenvalue weighted by atomic mass is 10.1. The number of sulfone groups is 1. The molecule has 30 heavy (non-hydrogen) atoms. The predicted octanol–water partition coefficient (Wildman–Crippen LogP) is 3.52. The van der Waals surface area contributed by atoms with E-state index in [9.17, 15) is 18.0 Å². The van der Waals surface area contributed by atoms with Crippen molar-refractivity contribution in [1.29, 1.82) is 0 Å². The van der Waals surface area contributed by atoms with Crippen LogP contribution in [0.1, 0.15) is 15.9 Å². The SMILES string of the molecule is CN(C(=O)c1ccc(CS(=O)(=O)CC(=O)Nc2ccccc2)cc1)c1ccccc1. The largest absolute Gasteiger partial charge is 0.325 e. The summed E-state index contributed by atoms with van der Waals surface area (Å²) in [6.07, 6.45) is 0. The Hall–Kier alpha value is -3.45. The number of anilines is 2. The normalized spacial score (nSPS) is 11.0. The molecule has 0 aromatic heterocycles. The van der Waals surface area contributed by atoms with Crippen molar-refractivity contribution < 1.29 is 18.0 Å². The van der Waals surface area contributed by atoms with Crippen LogP contribution in [-0.2, 0) is 20.4 Å². The third-order valence-corrected chi connectivity index (χ3v) is 5.92. The molecule has 0 bridgehead atoms. The summed E-state index contributed by atoms with van der Waals surface area (Å²) in [6.45, 7) is 0. The van der Waals surface area contributed by atoms with E-state index in [0.717, 1.165) is 5.69 Å². The Kier molecular flexibility index (Phi) is 6.64. The Bertz CT molecular complexity index is 1110. The molecule has 0 fully saturated rings. The lowest BCUT2D eigenvalue weighted by Gasteiger charge is -2.17. The fraction of sp³-hybridized carbons (Fsp3) is 0.130. The van der Waals surface area contributed by atoms with Crippen molar-refractivity contribution in [3.05, 3.63) is 96.1 Å². The molecule has 2 amide bonds. The van der Waals surface area contributed by atoms with Crippen molar-refractivity contribution in [3.63, 3.8) is 0 Å². The summed E-state index contributed by atoms with van der Waals surface area (Å²) < 4.78 is 24.8. The highest BCUT2D eigenvalue weighted by Crippen LogP contribution is 2.16. The van der Waals surface area contributed by atoms with Gasteiger partial charge in [-0.3, -0.25) is 9.59 Å². The number of carbonyl (C=O) groups excluding carboxylic acids is 2. The number of hydrogen-bond acceptors (Lipinski definition) is 4. The third-order valence-electron chi connectivity index (χ3n) is 4.44. The number of nitrogens with zero attached hydrogens (tertiary/aromatic N) is 1. The van der Waals surface area contributed by atoms with Gasteiger partial charge in [-0.25, -0.2) is 8.42 Å². The Labute approximate surface area is 176 Å². The first kappa shape index (κ1) is 21.3. The quantitative estimate of drug-likeness (QED) is 0.632. The van der Waals surface area contributed by atoms with E-state index in [4.69, 9.17) is 0 Å². The van der Waals surface area contributed by atoms with Gasteiger partial charge in [0.1, 0.15) is 5.75 Å². The Morgan fingerprint density at radius 1 is 0.833 bits per heavy atom. The Morgan fingerprint density at radius 3 is 2.00 bits per heavy atom. The maximum absolute atomic E-state index is 12.6. The van der Waals surface area contributed by atoms with Crippen molar-refractivity contribution in [1.82, 2.24) is 0 Å². The van der Waals surface area contributed by atoms with Gasteiger partial charge in [0, 0.05) is 24.0 Å². The summed E-state index contributed by atoms with van der Waals surface area (Å²) in [5, 5.41) is 2.57. The molecule has 0 aliphatic heterocycles. The lowest BCUT2D eigenvalue weighted by Crippen LogP contribution is -2.26. The van der Waals surface area contributed by atoms with Crippen LogP contribution in [0.3, 0.4) is 0 Å². The number of amides is 2. The molecule has 0 heterocycles. The number of nitrogens with one attached hydrogen (secondary N) is 1. The van der Waals surface area contributed by atoms with Gasteiger partial charge in [-0.05, 0) is 42.0 Å². The number of hydrogen-bond donors (Lipinski definition) is 1. The summed E-state index contributed by atoms with van der Waals surface area (Å²) >= 11 is 0. The maximum Gasteiger partial charge on any atom is 0.258 e. The number of para-hydroxylation sites is 2. The standard InChI is InChI=1S/C23H22N2O4S/c1-25(21-10-6-3-7-11-21)23(27)19-14-12-18(13-15-19)16-30(28,29)17-22(26)24-20-8-4-2-5-9-20/h2-15H,16-17H2,1H3,(H,24,26). The average Bonchev–Trinajstić information content (AvgIpc) is 2.74. The van der Waals surface area contributed by atoms with Crippen LogP contribution in [0.15, 0.2) is 84.9 Å². The second kappa shape index (κ2) is 9.37. The zero-order valence-electron chi connectivity index (χ0n) is 16.5. The zero-order valence-corrected chi connectivity index (χ0v) is 17.3. The van der Waals surface area contributed by atoms with E-state index in [2.05, 4.69) is 5.32 Å². The number of rotatable bonds is 7. The highest BCUT2D eigenvalue weighted by molar-refractivity contribution is 7.91. The minimum absolute atomic E-state index is 0.196. The van der Waals surface area contributed by atoms with Crippen molar-refractivity contribution in [3.8, 4) is 0 Å². The summed E-state index contributed by atoms with van der Waals surface area (Å²) in [5.41, 5.74) is 2.27. The second-order valence-corrected chi connectivity index (χ2v) is 8.91. The van der Waals surface area contributed by atoms with Crippen LogP contribution < -0.4 is 10.2 Å². The Morgan fingerprint density at radius 2 is 1.40 bits per heavy atom. The molecule has 7 heteroatoms. The summed E-state index contributed by atoms with van der Waals surface area (Å²) in [6, 6.07) is 24.3. The zero-order chi connectivity index (χ0) is 21.6. The molecule has 0 radical (unpaired) electrons. The number of carbonyl (C=O) groups is 2. The van der Waals surface area contributed by atoms with Crippen molar-refractivity contribution in [2.24, 2.45) is 0 Å². The summed E-state index contributed by atoms with van der Waals surface area (Å²) in [7, 11) is -1.97. The molecule has 6 nitrogen and oxygen atoms in total. The first-order valence-corrected chi connectivity index (χ1v) is 11.1. The van der Waals surface area contributed by atoms with Gasteiger partial charge in [-0.15, -0.1) is 0 Å². The van der Waals surface area contributed by atoms with Gasteiger partial charge >= 0.3 is 0 Å². The van der Waals surface area contributed by atoms with Gasteiger partial charge in [0.05, 0.1) is 5.75 Å². The van der Waals surface area contributed by atoms with Crippen LogP contribution in [0.4, 0.5) is 11.4 Å². The van der Waals surface area contributed by atoms with Crippen LogP contribution in [0.25, 0.3) is 0 Å². The minimum Gasteiger partial charge on any atom is -0.325 e. The van der Waals surface area contributed by atoms with E-state index in [1.54, 1.807) is 61.6 Å². The molecule has 0 aliphatic rings. The van der Waals surface area contributed by atoms with E-state index in [-0.39, 0.29) is 11.7 Å². The van der Waals surface area contributed by atoms with E-state index < -0.39 is 21.5 Å². The molecule has 3 aromatic rings. The van der Waals surface area contributed by atoms with E-state index in [0.29, 0.717) is 16.8 Å². The minimum atomic E-state index is -3.65. The maximum atomic E-state index is 12.6. The van der Waals surface area contributed by atoms with Gasteiger partial charge in [0.2, 0.25) is 5.91 Å². The van der Waals surface area contributed by atoms with E-state index >= 15 is 0 Å². The van der Waals surface area contributed by atoms with Crippen molar-refractivity contribution in [2.45, 2.75) is 5.75 Å². The van der Waals surface area contributed by atoms with Crippen LogP contribution in [0, 0.1) is 0 Å². The topological polar surface area (TPSA) is 83.6 Å². The highest BCUT2D eigenvalue weighted by atomic mass is 32.2.